The monoisotopic (exact) mass is 263 g/mol. The summed E-state index contributed by atoms with van der Waals surface area (Å²) in [6.45, 7) is 7.65. The van der Waals surface area contributed by atoms with Gasteiger partial charge in [-0.1, -0.05) is 6.08 Å². The third kappa shape index (κ3) is 3.79. The summed E-state index contributed by atoms with van der Waals surface area (Å²) in [4.78, 5) is 16.0. The number of amides is 2. The van der Waals surface area contributed by atoms with Gasteiger partial charge in [0, 0.05) is 38.4 Å². The minimum absolute atomic E-state index is 0.134. The van der Waals surface area contributed by atoms with Gasteiger partial charge >= 0.3 is 6.03 Å². The lowest BCUT2D eigenvalue weighted by Crippen LogP contribution is -2.49. The molecule has 1 fully saturated rings. The maximum Gasteiger partial charge on any atom is 0.321 e. The molecule has 0 bridgehead atoms. The van der Waals surface area contributed by atoms with Gasteiger partial charge in [0.2, 0.25) is 0 Å². The zero-order chi connectivity index (χ0) is 13.7. The molecule has 19 heavy (non-hydrogen) atoms. The molecular weight excluding hydrogens is 245 g/mol. The van der Waals surface area contributed by atoms with Crippen LogP contribution in [0.25, 0.3) is 0 Å². The summed E-state index contributed by atoms with van der Waals surface area (Å²) in [6.07, 6.45) is 1.87. The van der Waals surface area contributed by atoms with Gasteiger partial charge in [-0.2, -0.15) is 0 Å². The maximum atomic E-state index is 12.8. The molecule has 0 unspecified atom stereocenters. The third-order valence-electron chi connectivity index (χ3n) is 3.14. The highest BCUT2D eigenvalue weighted by atomic mass is 19.1. The van der Waals surface area contributed by atoms with Gasteiger partial charge < -0.3 is 10.2 Å². The molecule has 5 heteroatoms. The number of carbonyl (C=O) groups is 1. The maximum absolute atomic E-state index is 12.8. The van der Waals surface area contributed by atoms with E-state index >= 15 is 0 Å². The summed E-state index contributed by atoms with van der Waals surface area (Å²) in [5.41, 5.74) is 0.611. The fourth-order valence-electron chi connectivity index (χ4n) is 2.05. The van der Waals surface area contributed by atoms with E-state index in [2.05, 4.69) is 16.8 Å². The number of carbonyl (C=O) groups excluding carboxylic acids is 1. The standard InChI is InChI=1S/C14H18FN3O/c1-2-7-17-8-10-18(11-9-17)14(19)16-13-5-3-12(15)4-6-13/h2-6H,1,7-11H2,(H,16,19). The van der Waals surface area contributed by atoms with Crippen molar-refractivity contribution in [3.63, 3.8) is 0 Å². The number of nitrogens with one attached hydrogen (secondary N) is 1. The van der Waals surface area contributed by atoms with Crippen LogP contribution in [0, 0.1) is 5.82 Å². The third-order valence-corrected chi connectivity index (χ3v) is 3.14. The first-order valence-corrected chi connectivity index (χ1v) is 6.34. The van der Waals surface area contributed by atoms with Gasteiger partial charge in [0.15, 0.2) is 0 Å². The van der Waals surface area contributed by atoms with E-state index in [4.69, 9.17) is 0 Å². The van der Waals surface area contributed by atoms with E-state index in [0.717, 1.165) is 19.6 Å². The molecule has 1 saturated heterocycles. The number of piperazine rings is 1. The van der Waals surface area contributed by atoms with Crippen LogP contribution >= 0.6 is 0 Å². The van der Waals surface area contributed by atoms with Crippen LogP contribution in [-0.2, 0) is 0 Å². The number of urea groups is 1. The molecule has 2 rings (SSSR count). The Morgan fingerprint density at radius 1 is 1.26 bits per heavy atom. The predicted octanol–water partition coefficient (Wildman–Crippen LogP) is 2.16. The van der Waals surface area contributed by atoms with Crippen LogP contribution in [0.2, 0.25) is 0 Å². The van der Waals surface area contributed by atoms with E-state index in [1.165, 1.54) is 12.1 Å². The Kier molecular flexibility index (Phi) is 4.52. The van der Waals surface area contributed by atoms with E-state index in [1.807, 2.05) is 6.08 Å². The summed E-state index contributed by atoms with van der Waals surface area (Å²) in [5.74, 6) is -0.309. The fraction of sp³-hybridized carbons (Fsp3) is 0.357. The molecule has 0 atom stereocenters. The molecule has 0 radical (unpaired) electrons. The van der Waals surface area contributed by atoms with Crippen molar-refractivity contribution in [2.75, 3.05) is 38.0 Å². The van der Waals surface area contributed by atoms with Crippen LogP contribution in [0.4, 0.5) is 14.9 Å². The molecule has 1 aromatic rings. The number of hydrogen-bond acceptors (Lipinski definition) is 2. The molecule has 102 valence electrons. The van der Waals surface area contributed by atoms with Gasteiger partial charge in [0.1, 0.15) is 5.82 Å². The highest BCUT2D eigenvalue weighted by Crippen LogP contribution is 2.10. The summed E-state index contributed by atoms with van der Waals surface area (Å²) in [5, 5.41) is 2.77. The summed E-state index contributed by atoms with van der Waals surface area (Å²) in [7, 11) is 0. The zero-order valence-electron chi connectivity index (χ0n) is 10.8. The highest BCUT2D eigenvalue weighted by molar-refractivity contribution is 5.89. The minimum atomic E-state index is -0.309. The topological polar surface area (TPSA) is 35.6 Å². The average Bonchev–Trinajstić information content (AvgIpc) is 2.42. The Bertz CT molecular complexity index is 439. The van der Waals surface area contributed by atoms with Crippen molar-refractivity contribution in [3.8, 4) is 0 Å². The molecule has 1 N–H and O–H groups in total. The average molecular weight is 263 g/mol. The summed E-state index contributed by atoms with van der Waals surface area (Å²) in [6, 6.07) is 5.64. The lowest BCUT2D eigenvalue weighted by atomic mass is 10.3. The van der Waals surface area contributed by atoms with E-state index in [0.29, 0.717) is 18.8 Å². The fourth-order valence-corrected chi connectivity index (χ4v) is 2.05. The molecule has 4 nitrogen and oxygen atoms in total. The molecular formula is C14H18FN3O. The van der Waals surface area contributed by atoms with Gasteiger partial charge in [-0.05, 0) is 24.3 Å². The number of rotatable bonds is 3. The molecule has 0 spiro atoms. The van der Waals surface area contributed by atoms with Crippen LogP contribution < -0.4 is 5.32 Å². The van der Waals surface area contributed by atoms with E-state index in [-0.39, 0.29) is 11.8 Å². The van der Waals surface area contributed by atoms with Crippen LogP contribution in [0.1, 0.15) is 0 Å². The number of nitrogens with zero attached hydrogens (tertiary/aromatic N) is 2. The zero-order valence-corrected chi connectivity index (χ0v) is 10.8. The Labute approximate surface area is 112 Å². The first-order chi connectivity index (χ1) is 9.19. The van der Waals surface area contributed by atoms with Crippen LogP contribution in [0.5, 0.6) is 0 Å². The second-order valence-corrected chi connectivity index (χ2v) is 4.51. The lowest BCUT2D eigenvalue weighted by Gasteiger charge is -2.34. The molecule has 1 heterocycles. The summed E-state index contributed by atoms with van der Waals surface area (Å²) < 4.78 is 12.8. The van der Waals surface area contributed by atoms with Crippen molar-refractivity contribution in [2.24, 2.45) is 0 Å². The van der Waals surface area contributed by atoms with Crippen LogP contribution in [0.15, 0.2) is 36.9 Å². The first kappa shape index (κ1) is 13.5. The minimum Gasteiger partial charge on any atom is -0.322 e. The Balaban J connectivity index is 1.84. The van der Waals surface area contributed by atoms with Gasteiger partial charge in [-0.3, -0.25) is 4.90 Å². The van der Waals surface area contributed by atoms with E-state index < -0.39 is 0 Å². The van der Waals surface area contributed by atoms with Crippen molar-refractivity contribution >= 4 is 11.7 Å². The van der Waals surface area contributed by atoms with Crippen molar-refractivity contribution in [1.29, 1.82) is 0 Å². The number of anilines is 1. The molecule has 1 aliphatic heterocycles. The Morgan fingerprint density at radius 3 is 2.47 bits per heavy atom. The van der Waals surface area contributed by atoms with Crippen molar-refractivity contribution < 1.29 is 9.18 Å². The Hall–Kier alpha value is -1.88. The van der Waals surface area contributed by atoms with Gasteiger partial charge in [-0.15, -0.1) is 6.58 Å². The van der Waals surface area contributed by atoms with Gasteiger partial charge in [0.25, 0.3) is 0 Å². The quantitative estimate of drug-likeness (QED) is 0.848. The highest BCUT2D eigenvalue weighted by Gasteiger charge is 2.20. The van der Waals surface area contributed by atoms with E-state index in [1.54, 1.807) is 17.0 Å². The number of halogens is 1. The molecule has 0 saturated carbocycles. The van der Waals surface area contributed by atoms with Crippen molar-refractivity contribution in [1.82, 2.24) is 9.80 Å². The lowest BCUT2D eigenvalue weighted by molar-refractivity contribution is 0.156. The second kappa shape index (κ2) is 6.33. The SMILES string of the molecule is C=CCN1CCN(C(=O)Nc2ccc(F)cc2)CC1. The first-order valence-electron chi connectivity index (χ1n) is 6.34. The predicted molar refractivity (Wildman–Crippen MR) is 73.6 cm³/mol. The van der Waals surface area contributed by atoms with Crippen LogP contribution in [0.3, 0.4) is 0 Å². The number of benzene rings is 1. The smallest absolute Gasteiger partial charge is 0.321 e. The molecule has 1 aromatic carbocycles. The van der Waals surface area contributed by atoms with Crippen LogP contribution in [-0.4, -0.2) is 48.6 Å². The Morgan fingerprint density at radius 2 is 1.89 bits per heavy atom. The normalized spacial score (nSPS) is 16.2. The number of hydrogen-bond donors (Lipinski definition) is 1. The van der Waals surface area contributed by atoms with Gasteiger partial charge in [0.05, 0.1) is 0 Å². The van der Waals surface area contributed by atoms with Gasteiger partial charge in [-0.25, -0.2) is 9.18 Å². The molecule has 2 amide bonds. The largest absolute Gasteiger partial charge is 0.322 e. The van der Waals surface area contributed by atoms with Crippen molar-refractivity contribution in [2.45, 2.75) is 0 Å². The summed E-state index contributed by atoms with van der Waals surface area (Å²) >= 11 is 0. The molecule has 0 aliphatic carbocycles. The molecule has 0 aromatic heterocycles. The molecule has 1 aliphatic rings. The van der Waals surface area contributed by atoms with E-state index in [9.17, 15) is 9.18 Å². The van der Waals surface area contributed by atoms with Crippen molar-refractivity contribution in [3.05, 3.63) is 42.7 Å². The second-order valence-electron chi connectivity index (χ2n) is 4.51.